The lowest BCUT2D eigenvalue weighted by Gasteiger charge is -2.15. The molecule has 1 amide bonds. The van der Waals surface area contributed by atoms with Crippen LogP contribution in [0.25, 0.3) is 5.82 Å². The van der Waals surface area contributed by atoms with E-state index >= 15 is 0 Å². The van der Waals surface area contributed by atoms with Crippen molar-refractivity contribution in [2.24, 2.45) is 0 Å². The van der Waals surface area contributed by atoms with Crippen LogP contribution in [0.1, 0.15) is 34.7 Å². The highest BCUT2D eigenvalue weighted by Gasteiger charge is 2.31. The third kappa shape index (κ3) is 5.62. The summed E-state index contributed by atoms with van der Waals surface area (Å²) in [5, 5.41) is 15.2. The number of hydrogen-bond acceptors (Lipinski definition) is 6. The fourth-order valence-corrected chi connectivity index (χ4v) is 2.94. The molecule has 1 aromatic carbocycles. The van der Waals surface area contributed by atoms with Crippen molar-refractivity contribution in [3.05, 3.63) is 63.8 Å². The maximum atomic E-state index is 12.6. The molecule has 3 aromatic rings. The average Bonchev–Trinajstić information content (AvgIpc) is 3.08. The van der Waals surface area contributed by atoms with Crippen molar-refractivity contribution in [2.75, 3.05) is 0 Å². The number of ether oxygens (including phenoxy) is 1. The zero-order chi connectivity index (χ0) is 22.8. The number of benzene rings is 1. The largest absolute Gasteiger partial charge is 0.573 e. The Morgan fingerprint density at radius 1 is 1.29 bits per heavy atom. The van der Waals surface area contributed by atoms with E-state index in [2.05, 4.69) is 25.1 Å². The van der Waals surface area contributed by atoms with Gasteiger partial charge in [-0.05, 0) is 48.9 Å². The van der Waals surface area contributed by atoms with E-state index in [4.69, 9.17) is 28.5 Å². The van der Waals surface area contributed by atoms with Crippen LogP contribution in [-0.4, -0.2) is 32.0 Å². The number of pyridine rings is 1. The second kappa shape index (κ2) is 8.79. The smallest absolute Gasteiger partial charge is 0.406 e. The van der Waals surface area contributed by atoms with Crippen LogP contribution in [0, 0.1) is 11.3 Å². The van der Waals surface area contributed by atoms with Gasteiger partial charge < -0.3 is 10.1 Å². The van der Waals surface area contributed by atoms with Gasteiger partial charge in [-0.15, -0.1) is 18.3 Å². The molecule has 0 aliphatic rings. The van der Waals surface area contributed by atoms with Crippen molar-refractivity contribution in [2.45, 2.75) is 19.3 Å². The third-order valence-electron chi connectivity index (χ3n) is 3.80. The molecule has 13 heteroatoms. The van der Waals surface area contributed by atoms with Gasteiger partial charge in [0.15, 0.2) is 11.6 Å². The van der Waals surface area contributed by atoms with Gasteiger partial charge in [-0.2, -0.15) is 14.9 Å². The van der Waals surface area contributed by atoms with Gasteiger partial charge >= 0.3 is 6.36 Å². The second-order valence-electron chi connectivity index (χ2n) is 6.09. The summed E-state index contributed by atoms with van der Waals surface area (Å²) in [7, 11) is 0. The molecular formula is C18H11Cl2F3N6O2. The predicted molar refractivity (Wildman–Crippen MR) is 103 cm³/mol. The summed E-state index contributed by atoms with van der Waals surface area (Å²) < 4.78 is 42.5. The second-order valence-corrected chi connectivity index (χ2v) is 6.86. The van der Waals surface area contributed by atoms with Gasteiger partial charge in [0.05, 0.1) is 11.6 Å². The normalized spacial score (nSPS) is 12.2. The highest BCUT2D eigenvalue weighted by molar-refractivity contribution is 6.31. The third-order valence-corrected chi connectivity index (χ3v) is 4.18. The molecular weight excluding hydrogens is 460 g/mol. The molecule has 1 unspecified atom stereocenters. The van der Waals surface area contributed by atoms with Crippen LogP contribution < -0.4 is 10.1 Å². The Hall–Kier alpha value is -3.36. The van der Waals surface area contributed by atoms with Gasteiger partial charge in [-0.1, -0.05) is 11.6 Å². The number of nitrogens with zero attached hydrogens (tertiary/aromatic N) is 5. The van der Waals surface area contributed by atoms with Gasteiger partial charge in [0.25, 0.3) is 5.91 Å². The fraction of sp³-hybridized carbons (Fsp3) is 0.167. The maximum Gasteiger partial charge on any atom is 0.573 e. The minimum atomic E-state index is -4.94. The lowest BCUT2D eigenvalue weighted by molar-refractivity contribution is -0.274. The molecule has 31 heavy (non-hydrogen) atoms. The first-order valence-corrected chi connectivity index (χ1v) is 9.17. The Morgan fingerprint density at radius 3 is 2.65 bits per heavy atom. The molecule has 0 spiro atoms. The number of amides is 1. The fourth-order valence-electron chi connectivity index (χ4n) is 2.56. The summed E-state index contributed by atoms with van der Waals surface area (Å²) >= 11 is 11.7. The molecule has 0 saturated heterocycles. The highest BCUT2D eigenvalue weighted by Crippen LogP contribution is 2.27. The van der Waals surface area contributed by atoms with E-state index < -0.39 is 24.1 Å². The van der Waals surface area contributed by atoms with E-state index in [-0.39, 0.29) is 27.5 Å². The first kappa shape index (κ1) is 22.3. The molecule has 2 heterocycles. The number of hydrogen-bond donors (Lipinski definition) is 1. The monoisotopic (exact) mass is 470 g/mol. The molecule has 8 nitrogen and oxygen atoms in total. The molecule has 0 saturated carbocycles. The summed E-state index contributed by atoms with van der Waals surface area (Å²) in [6.07, 6.45) is -3.61. The summed E-state index contributed by atoms with van der Waals surface area (Å²) in [5.41, 5.74) is 0.169. The van der Waals surface area contributed by atoms with Crippen LogP contribution in [0.4, 0.5) is 13.2 Å². The Kier molecular flexibility index (Phi) is 6.33. The van der Waals surface area contributed by atoms with Crippen molar-refractivity contribution in [1.82, 2.24) is 25.1 Å². The first-order valence-electron chi connectivity index (χ1n) is 8.42. The molecule has 1 N–H and O–H groups in total. The number of nitrogens with one attached hydrogen (secondary N) is 1. The number of carbonyl (C=O) groups is 1. The highest BCUT2D eigenvalue weighted by atomic mass is 35.5. The zero-order valence-corrected chi connectivity index (χ0v) is 17.0. The summed E-state index contributed by atoms with van der Waals surface area (Å²) in [6.45, 7) is 1.57. The van der Waals surface area contributed by atoms with Crippen LogP contribution >= 0.6 is 23.2 Å². The van der Waals surface area contributed by atoms with Gasteiger partial charge in [0.1, 0.15) is 11.8 Å². The lowest BCUT2D eigenvalue weighted by Crippen LogP contribution is -2.29. The number of nitriles is 1. The van der Waals surface area contributed by atoms with E-state index in [9.17, 15) is 18.0 Å². The van der Waals surface area contributed by atoms with Gasteiger partial charge in [-0.25, -0.2) is 4.98 Å². The number of rotatable bonds is 5. The number of alkyl halides is 3. The molecule has 1 atom stereocenters. The van der Waals surface area contributed by atoms with E-state index in [0.29, 0.717) is 5.56 Å². The molecule has 2 aromatic heterocycles. The van der Waals surface area contributed by atoms with E-state index in [0.717, 1.165) is 12.1 Å². The van der Waals surface area contributed by atoms with Gasteiger partial charge in [-0.3, -0.25) is 4.79 Å². The maximum absolute atomic E-state index is 12.6. The molecule has 0 radical (unpaired) electrons. The molecule has 3 rings (SSSR count). The standard InChI is InChI=1S/C18H11Cl2F3N6O2/c1-9(15-27-17(20)28-29(15)14-3-2-10(7-24)8-25-14)26-16(30)11-4-12(19)6-13(5-11)31-18(21,22)23/h2-6,8-9H,1H3,(H,26,30). The van der Waals surface area contributed by atoms with Crippen LogP contribution in [0.15, 0.2) is 36.5 Å². The Morgan fingerprint density at radius 2 is 2.03 bits per heavy atom. The summed E-state index contributed by atoms with van der Waals surface area (Å²) in [4.78, 5) is 20.7. The summed E-state index contributed by atoms with van der Waals surface area (Å²) in [6, 6.07) is 7.20. The number of carbonyl (C=O) groups excluding carboxylic acids is 1. The van der Waals surface area contributed by atoms with Crippen molar-refractivity contribution in [3.8, 4) is 17.6 Å². The molecule has 0 aliphatic heterocycles. The Labute approximate surface area is 183 Å². The Bertz CT molecular complexity index is 1160. The van der Waals surface area contributed by atoms with E-state index in [1.165, 1.54) is 29.1 Å². The number of aromatic nitrogens is 4. The first-order chi connectivity index (χ1) is 14.6. The van der Waals surface area contributed by atoms with Crippen molar-refractivity contribution >= 4 is 29.1 Å². The lowest BCUT2D eigenvalue weighted by atomic mass is 10.2. The minimum Gasteiger partial charge on any atom is -0.406 e. The average molecular weight is 471 g/mol. The summed E-state index contributed by atoms with van der Waals surface area (Å²) in [5.74, 6) is -0.881. The topological polar surface area (TPSA) is 106 Å². The van der Waals surface area contributed by atoms with Crippen LogP contribution in [0.5, 0.6) is 5.75 Å². The quantitative estimate of drug-likeness (QED) is 0.597. The van der Waals surface area contributed by atoms with Gasteiger partial charge in [0.2, 0.25) is 5.28 Å². The van der Waals surface area contributed by atoms with E-state index in [1.54, 1.807) is 6.92 Å². The molecule has 0 fully saturated rings. The molecule has 160 valence electrons. The Balaban J connectivity index is 1.84. The SMILES string of the molecule is CC(NC(=O)c1cc(Cl)cc(OC(F)(F)F)c1)c1nc(Cl)nn1-c1ccc(C#N)cn1. The number of halogens is 5. The predicted octanol–water partition coefficient (Wildman–Crippen LogP) is 4.23. The van der Waals surface area contributed by atoms with Crippen LogP contribution in [0.3, 0.4) is 0 Å². The van der Waals surface area contributed by atoms with Crippen LogP contribution in [-0.2, 0) is 0 Å². The molecule has 0 aliphatic carbocycles. The molecule has 0 bridgehead atoms. The van der Waals surface area contributed by atoms with Crippen molar-refractivity contribution < 1.29 is 22.7 Å². The minimum absolute atomic E-state index is 0.118. The zero-order valence-electron chi connectivity index (χ0n) is 15.5. The van der Waals surface area contributed by atoms with E-state index in [1.807, 2.05) is 6.07 Å². The van der Waals surface area contributed by atoms with Crippen molar-refractivity contribution in [3.63, 3.8) is 0 Å². The van der Waals surface area contributed by atoms with Crippen LogP contribution in [0.2, 0.25) is 10.3 Å². The van der Waals surface area contributed by atoms with Crippen molar-refractivity contribution in [1.29, 1.82) is 5.26 Å². The van der Waals surface area contributed by atoms with Gasteiger partial charge in [0, 0.05) is 16.8 Å².